The summed E-state index contributed by atoms with van der Waals surface area (Å²) in [5, 5.41) is 7.67. The van der Waals surface area contributed by atoms with Crippen LogP contribution in [0.3, 0.4) is 0 Å². The summed E-state index contributed by atoms with van der Waals surface area (Å²) in [5.41, 5.74) is 0. The minimum absolute atomic E-state index is 0.800. The Morgan fingerprint density at radius 2 is 2.38 bits per heavy atom. The van der Waals surface area contributed by atoms with E-state index in [0.717, 1.165) is 37.3 Å². The molecule has 3 heterocycles. The monoisotopic (exact) mass is 221 g/mol. The first-order valence-electron chi connectivity index (χ1n) is 6.12. The highest BCUT2D eigenvalue weighted by molar-refractivity contribution is 4.90. The van der Waals surface area contributed by atoms with Crippen molar-refractivity contribution in [3.63, 3.8) is 0 Å². The van der Waals surface area contributed by atoms with E-state index in [1.807, 2.05) is 4.68 Å². The molecule has 0 bridgehead atoms. The van der Waals surface area contributed by atoms with Gasteiger partial charge in [-0.15, -0.1) is 0 Å². The normalized spacial score (nSPS) is 30.6. The largest absolute Gasteiger partial charge is 0.316 e. The highest BCUT2D eigenvalue weighted by Crippen LogP contribution is 2.19. The molecule has 0 amide bonds. The SMILES string of the molecule is C[C@@H]1CNC[C@H]1CN1CCn2ncnc2C1. The number of hydrogen-bond donors (Lipinski definition) is 1. The predicted molar refractivity (Wildman–Crippen MR) is 60.8 cm³/mol. The number of nitrogens with one attached hydrogen (secondary N) is 1. The van der Waals surface area contributed by atoms with E-state index in [1.54, 1.807) is 6.33 Å². The Morgan fingerprint density at radius 3 is 3.19 bits per heavy atom. The van der Waals surface area contributed by atoms with Gasteiger partial charge in [-0.25, -0.2) is 9.67 Å². The van der Waals surface area contributed by atoms with Crippen LogP contribution in [0.15, 0.2) is 6.33 Å². The van der Waals surface area contributed by atoms with Crippen molar-refractivity contribution in [3.8, 4) is 0 Å². The third-order valence-corrected chi connectivity index (χ3v) is 3.86. The Balaban J connectivity index is 1.61. The molecule has 1 saturated heterocycles. The van der Waals surface area contributed by atoms with Crippen LogP contribution in [0.25, 0.3) is 0 Å². The maximum atomic E-state index is 4.30. The second-order valence-corrected chi connectivity index (χ2v) is 5.03. The molecule has 0 aromatic carbocycles. The molecule has 3 rings (SSSR count). The van der Waals surface area contributed by atoms with Crippen LogP contribution in [0.2, 0.25) is 0 Å². The Labute approximate surface area is 95.8 Å². The average molecular weight is 221 g/mol. The molecule has 5 nitrogen and oxygen atoms in total. The zero-order valence-corrected chi connectivity index (χ0v) is 9.76. The molecule has 0 radical (unpaired) electrons. The van der Waals surface area contributed by atoms with Crippen LogP contribution < -0.4 is 5.32 Å². The quantitative estimate of drug-likeness (QED) is 0.760. The van der Waals surface area contributed by atoms with Crippen LogP contribution in [-0.4, -0.2) is 45.8 Å². The summed E-state index contributed by atoms with van der Waals surface area (Å²) in [7, 11) is 0. The first-order chi connectivity index (χ1) is 7.83. The van der Waals surface area contributed by atoms with Crippen molar-refractivity contribution < 1.29 is 0 Å². The molecule has 1 fully saturated rings. The van der Waals surface area contributed by atoms with Crippen LogP contribution in [0.5, 0.6) is 0 Å². The fourth-order valence-corrected chi connectivity index (χ4v) is 2.71. The topological polar surface area (TPSA) is 46.0 Å². The van der Waals surface area contributed by atoms with E-state index in [2.05, 4.69) is 27.2 Å². The minimum atomic E-state index is 0.800. The lowest BCUT2D eigenvalue weighted by Crippen LogP contribution is -2.38. The van der Waals surface area contributed by atoms with Gasteiger partial charge in [0.05, 0.1) is 13.1 Å². The summed E-state index contributed by atoms with van der Waals surface area (Å²) in [4.78, 5) is 6.81. The zero-order chi connectivity index (χ0) is 11.0. The molecule has 0 unspecified atom stereocenters. The van der Waals surface area contributed by atoms with Gasteiger partial charge in [0.25, 0.3) is 0 Å². The van der Waals surface area contributed by atoms with Gasteiger partial charge in [0, 0.05) is 13.1 Å². The molecule has 0 spiro atoms. The van der Waals surface area contributed by atoms with Crippen molar-refractivity contribution in [2.45, 2.75) is 20.0 Å². The molecule has 2 aliphatic rings. The maximum Gasteiger partial charge on any atom is 0.141 e. The van der Waals surface area contributed by atoms with Gasteiger partial charge in [0.2, 0.25) is 0 Å². The van der Waals surface area contributed by atoms with Gasteiger partial charge in [0.15, 0.2) is 0 Å². The Morgan fingerprint density at radius 1 is 1.44 bits per heavy atom. The number of nitrogens with zero attached hydrogens (tertiary/aromatic N) is 4. The average Bonchev–Trinajstić information content (AvgIpc) is 2.88. The Kier molecular flexibility index (Phi) is 2.65. The standard InChI is InChI=1S/C11H19N5/c1-9-4-12-5-10(9)6-15-2-3-16-11(7-15)13-8-14-16/h8-10,12H,2-7H2,1H3/t9-,10+/m1/s1. The minimum Gasteiger partial charge on any atom is -0.316 e. The third kappa shape index (κ3) is 1.85. The number of hydrogen-bond acceptors (Lipinski definition) is 4. The molecule has 0 aliphatic carbocycles. The molecule has 1 aromatic heterocycles. The van der Waals surface area contributed by atoms with Crippen molar-refractivity contribution in [1.82, 2.24) is 25.0 Å². The highest BCUT2D eigenvalue weighted by Gasteiger charge is 2.27. The van der Waals surface area contributed by atoms with Crippen molar-refractivity contribution in [2.24, 2.45) is 11.8 Å². The summed E-state index contributed by atoms with van der Waals surface area (Å²) < 4.78 is 2.02. The summed E-state index contributed by atoms with van der Waals surface area (Å²) in [6, 6.07) is 0. The smallest absolute Gasteiger partial charge is 0.141 e. The van der Waals surface area contributed by atoms with E-state index in [4.69, 9.17) is 0 Å². The number of fused-ring (bicyclic) bond motifs is 1. The molecule has 2 atom stereocenters. The molecule has 1 aromatic rings. The molecular formula is C11H19N5. The molecule has 1 N–H and O–H groups in total. The second kappa shape index (κ2) is 4.14. The molecule has 16 heavy (non-hydrogen) atoms. The summed E-state index contributed by atoms with van der Waals surface area (Å²) in [6.45, 7) is 8.95. The van der Waals surface area contributed by atoms with Gasteiger partial charge >= 0.3 is 0 Å². The molecule has 0 saturated carbocycles. The van der Waals surface area contributed by atoms with E-state index in [-0.39, 0.29) is 0 Å². The first kappa shape index (κ1) is 10.2. The van der Waals surface area contributed by atoms with Gasteiger partial charge < -0.3 is 5.32 Å². The second-order valence-electron chi connectivity index (χ2n) is 5.03. The summed E-state index contributed by atoms with van der Waals surface area (Å²) in [5.74, 6) is 2.72. The molecular weight excluding hydrogens is 202 g/mol. The predicted octanol–water partition coefficient (Wildman–Crippen LogP) is -0.0508. The maximum absolute atomic E-state index is 4.30. The lowest BCUT2D eigenvalue weighted by atomic mass is 9.97. The van der Waals surface area contributed by atoms with Crippen molar-refractivity contribution >= 4 is 0 Å². The van der Waals surface area contributed by atoms with Gasteiger partial charge in [-0.05, 0) is 24.9 Å². The van der Waals surface area contributed by atoms with Crippen LogP contribution in [-0.2, 0) is 13.1 Å². The van der Waals surface area contributed by atoms with E-state index in [9.17, 15) is 0 Å². The number of aromatic nitrogens is 3. The Hall–Kier alpha value is -0.940. The van der Waals surface area contributed by atoms with Gasteiger partial charge in [-0.1, -0.05) is 6.92 Å². The Bertz CT molecular complexity index is 361. The first-order valence-corrected chi connectivity index (χ1v) is 6.12. The van der Waals surface area contributed by atoms with Crippen LogP contribution in [0.4, 0.5) is 0 Å². The van der Waals surface area contributed by atoms with Gasteiger partial charge in [-0.2, -0.15) is 5.10 Å². The number of rotatable bonds is 2. The molecule has 2 aliphatic heterocycles. The lowest BCUT2D eigenvalue weighted by molar-refractivity contribution is 0.171. The zero-order valence-electron chi connectivity index (χ0n) is 9.76. The van der Waals surface area contributed by atoms with E-state index < -0.39 is 0 Å². The van der Waals surface area contributed by atoms with Crippen molar-refractivity contribution in [1.29, 1.82) is 0 Å². The third-order valence-electron chi connectivity index (χ3n) is 3.86. The van der Waals surface area contributed by atoms with E-state index in [1.165, 1.54) is 19.6 Å². The fourth-order valence-electron chi connectivity index (χ4n) is 2.71. The van der Waals surface area contributed by atoms with E-state index in [0.29, 0.717) is 0 Å². The van der Waals surface area contributed by atoms with Crippen molar-refractivity contribution in [2.75, 3.05) is 26.2 Å². The van der Waals surface area contributed by atoms with Crippen molar-refractivity contribution in [3.05, 3.63) is 12.2 Å². The fraction of sp³-hybridized carbons (Fsp3) is 0.818. The molecule has 5 heteroatoms. The van der Waals surface area contributed by atoms with Crippen LogP contribution in [0.1, 0.15) is 12.7 Å². The van der Waals surface area contributed by atoms with Gasteiger partial charge in [-0.3, -0.25) is 4.90 Å². The van der Waals surface area contributed by atoms with Crippen LogP contribution in [0, 0.1) is 11.8 Å². The van der Waals surface area contributed by atoms with E-state index >= 15 is 0 Å². The highest BCUT2D eigenvalue weighted by atomic mass is 15.4. The van der Waals surface area contributed by atoms with Gasteiger partial charge in [0.1, 0.15) is 12.2 Å². The lowest BCUT2D eigenvalue weighted by Gasteiger charge is -2.29. The molecule has 88 valence electrons. The van der Waals surface area contributed by atoms with Crippen LogP contribution >= 0.6 is 0 Å². The summed E-state index contributed by atoms with van der Waals surface area (Å²) in [6.07, 6.45) is 1.67. The summed E-state index contributed by atoms with van der Waals surface area (Å²) >= 11 is 0.